The molecule has 2 aliphatic rings. The molecule has 0 N–H and O–H groups in total. The lowest BCUT2D eigenvalue weighted by molar-refractivity contribution is 0.479. The van der Waals surface area contributed by atoms with Gasteiger partial charge in [0, 0.05) is 23.9 Å². The zero-order valence-electron chi connectivity index (χ0n) is 15.7. The summed E-state index contributed by atoms with van der Waals surface area (Å²) in [5, 5.41) is 9.06. The molecule has 0 spiro atoms. The number of hydrogen-bond acceptors (Lipinski definition) is 6. The van der Waals surface area contributed by atoms with Crippen molar-refractivity contribution >= 4 is 11.6 Å². The Morgan fingerprint density at radius 3 is 3.00 bits per heavy atom. The van der Waals surface area contributed by atoms with Crippen molar-refractivity contribution in [3.8, 4) is 0 Å². The van der Waals surface area contributed by atoms with E-state index in [0.717, 1.165) is 67.0 Å². The smallest absolute Gasteiger partial charge is 0.267 e. The van der Waals surface area contributed by atoms with Crippen LogP contribution in [0.15, 0.2) is 17.2 Å². The molecular weight excluding hydrogens is 342 g/mol. The van der Waals surface area contributed by atoms with Gasteiger partial charge in [-0.15, -0.1) is 0 Å². The lowest BCUT2D eigenvalue weighted by Crippen LogP contribution is -2.39. The number of fused-ring (bicyclic) bond motifs is 2. The molecule has 27 heavy (non-hydrogen) atoms. The maximum absolute atomic E-state index is 12.5. The van der Waals surface area contributed by atoms with E-state index in [1.165, 1.54) is 0 Å². The molecule has 3 aromatic rings. The monoisotopic (exact) mass is 365 g/mol. The maximum atomic E-state index is 12.5. The van der Waals surface area contributed by atoms with Crippen LogP contribution in [0.5, 0.6) is 0 Å². The number of aryl methyl sites for hydroxylation is 3. The van der Waals surface area contributed by atoms with Crippen LogP contribution in [0, 0.1) is 13.8 Å². The summed E-state index contributed by atoms with van der Waals surface area (Å²) in [6.45, 7) is 5.62. The standard InChI is InChI=1S/C19H23N7O/c1-12-13(2)22-19-20-11-21-26(19)18(12)24-8-4-6-15(24)10-25-17(27)9-14-5-3-7-16(14)23-25/h9,11,15H,3-8,10H2,1-2H3. The van der Waals surface area contributed by atoms with Gasteiger partial charge in [0.25, 0.3) is 11.3 Å². The minimum Gasteiger partial charge on any atom is -0.351 e. The topological polar surface area (TPSA) is 81.2 Å². The molecule has 0 radical (unpaired) electrons. The number of aromatic nitrogens is 6. The van der Waals surface area contributed by atoms with E-state index in [1.54, 1.807) is 17.1 Å². The molecule has 0 aromatic carbocycles. The highest BCUT2D eigenvalue weighted by atomic mass is 16.1. The van der Waals surface area contributed by atoms with Crippen molar-refractivity contribution in [2.24, 2.45) is 0 Å². The van der Waals surface area contributed by atoms with E-state index in [0.29, 0.717) is 12.3 Å². The summed E-state index contributed by atoms with van der Waals surface area (Å²) in [4.78, 5) is 23.7. The Kier molecular flexibility index (Phi) is 3.73. The van der Waals surface area contributed by atoms with Gasteiger partial charge in [-0.1, -0.05) is 0 Å². The second-order valence-corrected chi connectivity index (χ2v) is 7.60. The Morgan fingerprint density at radius 2 is 2.11 bits per heavy atom. The van der Waals surface area contributed by atoms with Gasteiger partial charge in [0.15, 0.2) is 0 Å². The van der Waals surface area contributed by atoms with Crippen LogP contribution >= 0.6 is 0 Å². The lowest BCUT2D eigenvalue weighted by atomic mass is 10.2. The maximum Gasteiger partial charge on any atom is 0.267 e. The zero-order chi connectivity index (χ0) is 18.5. The van der Waals surface area contributed by atoms with E-state index in [1.807, 2.05) is 11.4 Å². The van der Waals surface area contributed by atoms with Gasteiger partial charge >= 0.3 is 0 Å². The number of anilines is 1. The quantitative estimate of drug-likeness (QED) is 0.699. The molecule has 1 fully saturated rings. The first kappa shape index (κ1) is 16.4. The molecular formula is C19H23N7O. The first-order valence-corrected chi connectivity index (χ1v) is 9.65. The summed E-state index contributed by atoms with van der Waals surface area (Å²) in [7, 11) is 0. The Morgan fingerprint density at radius 1 is 1.22 bits per heavy atom. The third-order valence-corrected chi connectivity index (χ3v) is 5.93. The summed E-state index contributed by atoms with van der Waals surface area (Å²) < 4.78 is 3.48. The minimum atomic E-state index is 0.0102. The highest BCUT2D eigenvalue weighted by Gasteiger charge is 2.30. The van der Waals surface area contributed by atoms with E-state index in [2.05, 4.69) is 32.0 Å². The number of hydrogen-bond donors (Lipinski definition) is 0. The van der Waals surface area contributed by atoms with Crippen molar-refractivity contribution in [3.05, 3.63) is 45.3 Å². The van der Waals surface area contributed by atoms with Crippen molar-refractivity contribution in [1.29, 1.82) is 0 Å². The van der Waals surface area contributed by atoms with Crippen LogP contribution < -0.4 is 10.5 Å². The van der Waals surface area contributed by atoms with E-state index in [-0.39, 0.29) is 11.6 Å². The molecule has 140 valence electrons. The average Bonchev–Trinajstić information content (AvgIpc) is 3.37. The SMILES string of the molecule is Cc1nc2ncnn2c(N2CCCC2Cn2nc3c(cc2=O)CCC3)c1C. The molecule has 4 heterocycles. The minimum absolute atomic E-state index is 0.0102. The second-order valence-electron chi connectivity index (χ2n) is 7.60. The fraction of sp³-hybridized carbons (Fsp3) is 0.526. The summed E-state index contributed by atoms with van der Waals surface area (Å²) in [6.07, 6.45) is 6.72. The number of nitrogens with zero attached hydrogens (tertiary/aromatic N) is 7. The molecule has 3 aromatic heterocycles. The first-order chi connectivity index (χ1) is 13.1. The van der Waals surface area contributed by atoms with Gasteiger partial charge in [-0.05, 0) is 51.5 Å². The lowest BCUT2D eigenvalue weighted by Gasteiger charge is -2.28. The van der Waals surface area contributed by atoms with Crippen LogP contribution in [-0.4, -0.2) is 41.9 Å². The van der Waals surface area contributed by atoms with Gasteiger partial charge in [0.1, 0.15) is 12.1 Å². The van der Waals surface area contributed by atoms with Gasteiger partial charge in [-0.2, -0.15) is 19.7 Å². The van der Waals surface area contributed by atoms with Crippen molar-refractivity contribution in [2.45, 2.75) is 58.5 Å². The number of rotatable bonds is 3. The highest BCUT2D eigenvalue weighted by molar-refractivity contribution is 5.55. The summed E-state index contributed by atoms with van der Waals surface area (Å²) in [5.41, 5.74) is 4.30. The Labute approximate surface area is 156 Å². The van der Waals surface area contributed by atoms with Crippen LogP contribution in [0.3, 0.4) is 0 Å². The molecule has 1 atom stereocenters. The third-order valence-electron chi connectivity index (χ3n) is 5.93. The largest absolute Gasteiger partial charge is 0.351 e. The predicted molar refractivity (Wildman–Crippen MR) is 101 cm³/mol. The van der Waals surface area contributed by atoms with E-state index in [9.17, 15) is 4.79 Å². The molecule has 5 rings (SSSR count). The van der Waals surface area contributed by atoms with E-state index >= 15 is 0 Å². The van der Waals surface area contributed by atoms with Crippen LogP contribution in [0.4, 0.5) is 5.82 Å². The first-order valence-electron chi connectivity index (χ1n) is 9.65. The molecule has 0 bridgehead atoms. The van der Waals surface area contributed by atoms with Crippen LogP contribution in [0.2, 0.25) is 0 Å². The molecule has 0 amide bonds. The van der Waals surface area contributed by atoms with Crippen molar-refractivity contribution in [3.63, 3.8) is 0 Å². The molecule has 8 heteroatoms. The fourth-order valence-corrected chi connectivity index (χ4v) is 4.43. The van der Waals surface area contributed by atoms with E-state index < -0.39 is 0 Å². The fourth-order valence-electron chi connectivity index (χ4n) is 4.43. The van der Waals surface area contributed by atoms with Crippen LogP contribution in [-0.2, 0) is 19.4 Å². The van der Waals surface area contributed by atoms with Gasteiger partial charge in [0.05, 0.1) is 18.3 Å². The summed E-state index contributed by atoms with van der Waals surface area (Å²) in [6, 6.07) is 1.99. The van der Waals surface area contributed by atoms with Crippen LogP contribution in [0.1, 0.15) is 41.8 Å². The molecule has 0 saturated carbocycles. The highest BCUT2D eigenvalue weighted by Crippen LogP contribution is 2.30. The zero-order valence-corrected chi connectivity index (χ0v) is 15.7. The third kappa shape index (κ3) is 2.62. The Hall–Kier alpha value is -2.77. The molecule has 1 aliphatic heterocycles. The molecule has 1 saturated heterocycles. The van der Waals surface area contributed by atoms with Crippen molar-refractivity contribution in [1.82, 2.24) is 29.4 Å². The molecule has 1 unspecified atom stereocenters. The Balaban J connectivity index is 1.53. The van der Waals surface area contributed by atoms with Crippen molar-refractivity contribution in [2.75, 3.05) is 11.4 Å². The average molecular weight is 365 g/mol. The summed E-state index contributed by atoms with van der Waals surface area (Å²) >= 11 is 0. The van der Waals surface area contributed by atoms with Crippen molar-refractivity contribution < 1.29 is 0 Å². The van der Waals surface area contributed by atoms with Gasteiger partial charge in [-0.3, -0.25) is 4.79 Å². The second kappa shape index (κ2) is 6.14. The van der Waals surface area contributed by atoms with Crippen LogP contribution in [0.25, 0.3) is 5.78 Å². The van der Waals surface area contributed by atoms with Gasteiger partial charge in [-0.25, -0.2) is 9.67 Å². The normalized spacial score (nSPS) is 19.2. The molecule has 8 nitrogen and oxygen atoms in total. The molecule has 1 aliphatic carbocycles. The van der Waals surface area contributed by atoms with E-state index in [4.69, 9.17) is 0 Å². The van der Waals surface area contributed by atoms with Gasteiger partial charge < -0.3 is 4.90 Å². The predicted octanol–water partition coefficient (Wildman–Crippen LogP) is 1.46. The summed E-state index contributed by atoms with van der Waals surface area (Å²) in [5.74, 6) is 1.65. The Bertz CT molecular complexity index is 1080. The van der Waals surface area contributed by atoms with Gasteiger partial charge in [0.2, 0.25) is 0 Å².